The van der Waals surface area contributed by atoms with Crippen LogP contribution < -0.4 is 4.57 Å². The molecule has 26 heavy (non-hydrogen) atoms. The van der Waals surface area contributed by atoms with E-state index in [4.69, 9.17) is 0 Å². The molecule has 0 saturated carbocycles. The van der Waals surface area contributed by atoms with E-state index >= 15 is 0 Å². The van der Waals surface area contributed by atoms with Crippen molar-refractivity contribution >= 4 is 19.2 Å². The second-order valence-electron chi connectivity index (χ2n) is 5.97. The molecule has 0 fully saturated rings. The number of hydrogen-bond acceptors (Lipinski definition) is 1. The van der Waals surface area contributed by atoms with E-state index in [-0.39, 0.29) is 41.1 Å². The quantitative estimate of drug-likeness (QED) is 0.279. The topological polar surface area (TPSA) is 16.8 Å². The molecule has 0 aliphatic heterocycles. The summed E-state index contributed by atoms with van der Waals surface area (Å²) >= 11 is 0. The van der Waals surface area contributed by atoms with Gasteiger partial charge in [0.15, 0.2) is 0 Å². The van der Waals surface area contributed by atoms with Crippen molar-refractivity contribution in [3.8, 4) is 22.4 Å². The molecule has 0 saturated heterocycles. The molecule has 0 aliphatic carbocycles. The van der Waals surface area contributed by atoms with Gasteiger partial charge in [-0.05, 0) is 6.07 Å². The third-order valence-corrected chi connectivity index (χ3v) is 4.30. The summed E-state index contributed by atoms with van der Waals surface area (Å²) in [6.45, 7) is 2.11. The fraction of sp³-hybridized carbons (Fsp3) is 0.0909. The van der Waals surface area contributed by atoms with Gasteiger partial charge in [-0.1, -0.05) is 41.1 Å². The Hall–Kier alpha value is -1.83. The average Bonchev–Trinajstić information content (AvgIpc) is 2.62. The summed E-state index contributed by atoms with van der Waals surface area (Å²) in [4.78, 5) is 4.16. The van der Waals surface area contributed by atoms with Gasteiger partial charge in [-0.15, -0.1) is 29.1 Å². The van der Waals surface area contributed by atoms with Crippen molar-refractivity contribution in [1.29, 1.82) is 0 Å². The zero-order valence-corrected chi connectivity index (χ0v) is 17.7. The molecule has 0 amide bonds. The standard InChI is InChI=1S/C22H17N2.B.Y/c1-16-7-8-20(14-21(16)22-11-12-23-15-24(22)2)19-10-9-17-5-3-4-6-18(17)13-19;;/h3-12,15H,1-2H3;;/q-1;;. The van der Waals surface area contributed by atoms with E-state index in [9.17, 15) is 0 Å². The van der Waals surface area contributed by atoms with Crippen molar-refractivity contribution in [2.24, 2.45) is 7.05 Å². The molecule has 0 bridgehead atoms. The number of hydrogen-bond donors (Lipinski definition) is 0. The first-order chi connectivity index (χ1) is 11.7. The molecule has 0 spiro atoms. The van der Waals surface area contributed by atoms with Crippen molar-refractivity contribution in [2.45, 2.75) is 6.92 Å². The number of aryl methyl sites for hydroxylation is 2. The Morgan fingerprint density at radius 1 is 0.885 bits per heavy atom. The van der Waals surface area contributed by atoms with E-state index in [0.29, 0.717) is 0 Å². The fourth-order valence-corrected chi connectivity index (χ4v) is 2.95. The van der Waals surface area contributed by atoms with E-state index in [1.54, 1.807) is 0 Å². The number of aromatic nitrogens is 2. The van der Waals surface area contributed by atoms with Crippen LogP contribution in [0.4, 0.5) is 0 Å². The smallest absolute Gasteiger partial charge is 0.266 e. The third-order valence-electron chi connectivity index (χ3n) is 4.30. The Morgan fingerprint density at radius 3 is 2.42 bits per heavy atom. The van der Waals surface area contributed by atoms with Crippen molar-refractivity contribution in [3.05, 3.63) is 84.8 Å². The van der Waals surface area contributed by atoms with Crippen LogP contribution >= 0.6 is 0 Å². The summed E-state index contributed by atoms with van der Waals surface area (Å²) < 4.78 is 2.02. The van der Waals surface area contributed by atoms with Crippen LogP contribution in [0.15, 0.2) is 67.1 Å². The fourth-order valence-electron chi connectivity index (χ4n) is 2.95. The van der Waals surface area contributed by atoms with Gasteiger partial charge in [0.1, 0.15) is 6.20 Å². The normalized spacial score (nSPS) is 10.1. The summed E-state index contributed by atoms with van der Waals surface area (Å²) in [5.41, 5.74) is 5.51. The van der Waals surface area contributed by atoms with Crippen LogP contribution in [0.2, 0.25) is 0 Å². The molecule has 4 heteroatoms. The second-order valence-corrected chi connectivity index (χ2v) is 5.97. The summed E-state index contributed by atoms with van der Waals surface area (Å²) in [5.74, 6) is 0. The van der Waals surface area contributed by atoms with Gasteiger partial charge >= 0.3 is 0 Å². The van der Waals surface area contributed by atoms with Crippen LogP contribution in [0, 0.1) is 19.1 Å². The maximum absolute atomic E-state index is 4.16. The molecule has 0 unspecified atom stereocenters. The average molecular weight is 409 g/mol. The van der Waals surface area contributed by atoms with Crippen LogP contribution in [0.5, 0.6) is 0 Å². The van der Waals surface area contributed by atoms with Crippen LogP contribution in [0.25, 0.3) is 33.2 Å². The third kappa shape index (κ3) is 3.95. The zero-order chi connectivity index (χ0) is 16.5. The molecule has 122 valence electrons. The number of benzene rings is 3. The molecular formula is C22H17BN2Y-. The van der Waals surface area contributed by atoms with Gasteiger partial charge < -0.3 is 0 Å². The van der Waals surface area contributed by atoms with E-state index in [2.05, 4.69) is 66.5 Å². The van der Waals surface area contributed by atoms with Crippen molar-refractivity contribution in [3.63, 3.8) is 0 Å². The maximum atomic E-state index is 4.16. The Balaban J connectivity index is 0.00000121. The number of fused-ring (bicyclic) bond motifs is 1. The van der Waals surface area contributed by atoms with E-state index < -0.39 is 0 Å². The van der Waals surface area contributed by atoms with Gasteiger partial charge in [0.2, 0.25) is 0 Å². The maximum Gasteiger partial charge on any atom is 0.279 e. The Labute approximate surface area is 181 Å². The van der Waals surface area contributed by atoms with Crippen molar-refractivity contribution in [2.75, 3.05) is 0 Å². The SMILES string of the molecule is Cc1ccc(-c2[c-]c3ccccc3cc2)[c-]c1-c1ccnc[n+]1C.[B].[Y]. The zero-order valence-electron chi connectivity index (χ0n) is 14.9. The molecule has 1 aromatic heterocycles. The molecule has 0 aliphatic rings. The van der Waals surface area contributed by atoms with E-state index in [1.165, 1.54) is 10.9 Å². The van der Waals surface area contributed by atoms with E-state index in [0.717, 1.165) is 27.8 Å². The molecule has 4 aromatic rings. The van der Waals surface area contributed by atoms with Crippen LogP contribution in [-0.4, -0.2) is 13.4 Å². The Morgan fingerprint density at radius 2 is 1.62 bits per heavy atom. The van der Waals surface area contributed by atoms with Gasteiger partial charge in [0, 0.05) is 41.1 Å². The second kappa shape index (κ2) is 8.70. The van der Waals surface area contributed by atoms with Crippen LogP contribution in [0.3, 0.4) is 0 Å². The molecule has 4 rings (SSSR count). The molecule has 1 heterocycles. The van der Waals surface area contributed by atoms with Gasteiger partial charge in [0.05, 0.1) is 12.7 Å². The minimum Gasteiger partial charge on any atom is -0.266 e. The van der Waals surface area contributed by atoms with Gasteiger partial charge in [-0.2, -0.15) is 35.4 Å². The van der Waals surface area contributed by atoms with Gasteiger partial charge in [-0.25, -0.2) is 0 Å². The van der Waals surface area contributed by atoms with Crippen molar-refractivity contribution < 1.29 is 37.3 Å². The number of rotatable bonds is 2. The molecule has 0 N–H and O–H groups in total. The Bertz CT molecular complexity index is 1050. The van der Waals surface area contributed by atoms with Crippen LogP contribution in [0.1, 0.15) is 5.56 Å². The number of nitrogens with zero attached hydrogens (tertiary/aromatic N) is 2. The van der Waals surface area contributed by atoms with Gasteiger partial charge in [0.25, 0.3) is 6.33 Å². The van der Waals surface area contributed by atoms with Crippen LogP contribution in [-0.2, 0) is 39.8 Å². The minimum atomic E-state index is 0. The first kappa shape index (κ1) is 20.5. The first-order valence-corrected chi connectivity index (χ1v) is 7.97. The largest absolute Gasteiger partial charge is 0.279 e. The summed E-state index contributed by atoms with van der Waals surface area (Å²) in [6.07, 6.45) is 3.63. The minimum absolute atomic E-state index is 0. The predicted octanol–water partition coefficient (Wildman–Crippen LogP) is 3.92. The van der Waals surface area contributed by atoms with Gasteiger partial charge in [-0.3, -0.25) is 4.57 Å². The summed E-state index contributed by atoms with van der Waals surface area (Å²) in [6, 6.07) is 25.9. The molecule has 4 radical (unpaired) electrons. The van der Waals surface area contributed by atoms with E-state index in [1.807, 2.05) is 36.3 Å². The molecule has 3 aromatic carbocycles. The summed E-state index contributed by atoms with van der Waals surface area (Å²) in [7, 11) is 2.00. The van der Waals surface area contributed by atoms with Crippen molar-refractivity contribution in [1.82, 2.24) is 4.98 Å². The Kier molecular flexibility index (Phi) is 6.86. The first-order valence-electron chi connectivity index (χ1n) is 7.97. The molecular weight excluding hydrogens is 392 g/mol. The predicted molar refractivity (Wildman–Crippen MR) is 102 cm³/mol. The summed E-state index contributed by atoms with van der Waals surface area (Å²) in [5, 5.41) is 2.33. The molecule has 0 atom stereocenters. The molecule has 2 nitrogen and oxygen atoms in total. The monoisotopic (exact) mass is 409 g/mol.